The molecule has 2 N–H and O–H groups in total. The van der Waals surface area contributed by atoms with Crippen molar-refractivity contribution in [1.82, 2.24) is 10.6 Å². The van der Waals surface area contributed by atoms with E-state index in [4.69, 9.17) is 9.47 Å². The highest BCUT2D eigenvalue weighted by atomic mass is 127. The predicted octanol–water partition coefficient (Wildman–Crippen LogP) is 4.20. The number of guanidine groups is 1. The first-order valence-electron chi connectivity index (χ1n) is 10.5. The number of halogens is 1. The summed E-state index contributed by atoms with van der Waals surface area (Å²) in [4.78, 5) is 4.46. The lowest BCUT2D eigenvalue weighted by molar-refractivity contribution is 0.0513. The van der Waals surface area contributed by atoms with Gasteiger partial charge in [-0.25, -0.2) is 0 Å². The Morgan fingerprint density at radius 3 is 2.41 bits per heavy atom. The van der Waals surface area contributed by atoms with Gasteiger partial charge in [0.1, 0.15) is 5.75 Å². The average molecular weight is 534 g/mol. The van der Waals surface area contributed by atoms with E-state index in [1.54, 1.807) is 0 Å². The van der Waals surface area contributed by atoms with Crippen molar-refractivity contribution in [3.8, 4) is 5.75 Å². The van der Waals surface area contributed by atoms with Crippen LogP contribution in [0.15, 0.2) is 29.3 Å². The maximum Gasteiger partial charge on any atom is 0.191 e. The Morgan fingerprint density at radius 2 is 1.83 bits per heavy atom. The van der Waals surface area contributed by atoms with Crippen molar-refractivity contribution >= 4 is 41.7 Å². The highest BCUT2D eigenvalue weighted by molar-refractivity contribution is 14.0. The number of hydrogen-bond donors (Lipinski definition) is 2. The fourth-order valence-electron chi connectivity index (χ4n) is 4.12. The summed E-state index contributed by atoms with van der Waals surface area (Å²) in [5.41, 5.74) is 1.41. The number of rotatable bonds is 7. The molecule has 0 bridgehead atoms. The molecule has 2 aliphatic heterocycles. The van der Waals surface area contributed by atoms with Gasteiger partial charge in [-0.1, -0.05) is 12.1 Å². The molecule has 164 valence electrons. The molecular formula is C22H36IN3O2S. The Balaban J connectivity index is 0.00000300. The van der Waals surface area contributed by atoms with Crippen LogP contribution in [0.2, 0.25) is 0 Å². The van der Waals surface area contributed by atoms with E-state index in [2.05, 4.69) is 58.6 Å². The highest BCUT2D eigenvalue weighted by Gasteiger charge is 2.35. The zero-order valence-electron chi connectivity index (χ0n) is 18.0. The topological polar surface area (TPSA) is 54.9 Å². The minimum atomic E-state index is 0. The van der Waals surface area contributed by atoms with Crippen LogP contribution in [0, 0.1) is 0 Å². The van der Waals surface area contributed by atoms with Gasteiger partial charge in [-0.15, -0.1) is 24.0 Å². The molecule has 1 aromatic carbocycles. The van der Waals surface area contributed by atoms with E-state index in [9.17, 15) is 0 Å². The van der Waals surface area contributed by atoms with Crippen LogP contribution in [-0.2, 0) is 10.2 Å². The zero-order valence-corrected chi connectivity index (χ0v) is 21.1. The first-order valence-corrected chi connectivity index (χ1v) is 11.5. The van der Waals surface area contributed by atoms with Crippen LogP contribution in [0.3, 0.4) is 0 Å². The van der Waals surface area contributed by atoms with E-state index in [0.29, 0.717) is 11.4 Å². The molecule has 2 heterocycles. The SMILES string of the molecule is CCOc1ccc(C2(CNC(=NC)NCC3(C)CCCS3)CCOCC2)cc1.I. The number of hydrogen-bond acceptors (Lipinski definition) is 4. The monoisotopic (exact) mass is 533 g/mol. The molecular weight excluding hydrogens is 497 g/mol. The summed E-state index contributed by atoms with van der Waals surface area (Å²) in [7, 11) is 1.85. The van der Waals surface area contributed by atoms with Crippen molar-refractivity contribution in [3.05, 3.63) is 29.8 Å². The van der Waals surface area contributed by atoms with Crippen LogP contribution in [0.4, 0.5) is 0 Å². The molecule has 29 heavy (non-hydrogen) atoms. The van der Waals surface area contributed by atoms with Crippen molar-refractivity contribution in [3.63, 3.8) is 0 Å². The molecule has 5 nitrogen and oxygen atoms in total. The van der Waals surface area contributed by atoms with Crippen molar-refractivity contribution in [2.24, 2.45) is 4.99 Å². The summed E-state index contributed by atoms with van der Waals surface area (Å²) < 4.78 is 11.6. The van der Waals surface area contributed by atoms with Gasteiger partial charge in [0.15, 0.2) is 5.96 Å². The number of thioether (sulfide) groups is 1. The molecule has 0 aromatic heterocycles. The van der Waals surface area contributed by atoms with Crippen molar-refractivity contribution in [2.45, 2.75) is 49.7 Å². The van der Waals surface area contributed by atoms with E-state index >= 15 is 0 Å². The fraction of sp³-hybridized carbons (Fsp3) is 0.682. The van der Waals surface area contributed by atoms with Crippen LogP contribution in [0.25, 0.3) is 0 Å². The summed E-state index contributed by atoms with van der Waals surface area (Å²) in [5.74, 6) is 3.09. The minimum absolute atomic E-state index is 0. The lowest BCUT2D eigenvalue weighted by Crippen LogP contribution is -2.50. The van der Waals surface area contributed by atoms with E-state index in [0.717, 1.165) is 50.9 Å². The molecule has 1 atom stereocenters. The molecule has 2 aliphatic rings. The van der Waals surface area contributed by atoms with Gasteiger partial charge in [0.25, 0.3) is 0 Å². The van der Waals surface area contributed by atoms with Crippen LogP contribution in [0.1, 0.15) is 45.1 Å². The van der Waals surface area contributed by atoms with Crippen LogP contribution >= 0.6 is 35.7 Å². The first kappa shape index (κ1) is 24.6. The Kier molecular flexibility index (Phi) is 9.88. The molecule has 0 saturated carbocycles. The second-order valence-corrected chi connectivity index (χ2v) is 9.71. The predicted molar refractivity (Wildman–Crippen MR) is 134 cm³/mol. The van der Waals surface area contributed by atoms with E-state index in [1.165, 1.54) is 24.2 Å². The minimum Gasteiger partial charge on any atom is -0.494 e. The largest absolute Gasteiger partial charge is 0.494 e. The van der Waals surface area contributed by atoms with Gasteiger partial charge in [-0.3, -0.25) is 4.99 Å². The van der Waals surface area contributed by atoms with Crippen molar-refractivity contribution in [1.29, 1.82) is 0 Å². The summed E-state index contributed by atoms with van der Waals surface area (Å²) in [6.45, 7) is 8.47. The number of aliphatic imine (C=N–C) groups is 1. The second kappa shape index (κ2) is 11.6. The van der Waals surface area contributed by atoms with E-state index < -0.39 is 0 Å². The third-order valence-electron chi connectivity index (χ3n) is 5.98. The van der Waals surface area contributed by atoms with Gasteiger partial charge in [-0.05, 0) is 63.0 Å². The lowest BCUT2D eigenvalue weighted by Gasteiger charge is -2.38. The summed E-state index contributed by atoms with van der Waals surface area (Å²) in [5, 5.41) is 7.16. The number of nitrogens with zero attached hydrogens (tertiary/aromatic N) is 1. The molecule has 2 saturated heterocycles. The molecule has 3 rings (SSSR count). The molecule has 1 aromatic rings. The highest BCUT2D eigenvalue weighted by Crippen LogP contribution is 2.37. The standard InChI is InChI=1S/C22H35N3O2S.HI/c1-4-27-19-8-6-18(7-9-19)22(11-13-26-14-12-22)17-25-20(23-3)24-16-21(2)10-5-15-28-21;/h6-9H,4-5,10-17H2,1-3H3,(H2,23,24,25);1H. The number of ether oxygens (including phenoxy) is 2. The Labute approximate surface area is 197 Å². The fourth-order valence-corrected chi connectivity index (χ4v) is 5.37. The van der Waals surface area contributed by atoms with E-state index in [1.807, 2.05) is 14.0 Å². The molecule has 0 spiro atoms. The van der Waals surface area contributed by atoms with Gasteiger partial charge < -0.3 is 20.1 Å². The third-order valence-corrected chi connectivity index (χ3v) is 7.51. The van der Waals surface area contributed by atoms with Crippen LogP contribution < -0.4 is 15.4 Å². The Morgan fingerprint density at radius 1 is 1.14 bits per heavy atom. The van der Waals surface area contributed by atoms with Crippen LogP contribution in [-0.4, -0.2) is 56.4 Å². The molecule has 2 fully saturated rings. The maximum absolute atomic E-state index is 5.67. The molecule has 1 unspecified atom stereocenters. The normalized spacial score (nSPS) is 23.9. The summed E-state index contributed by atoms with van der Waals surface area (Å²) >= 11 is 2.07. The molecule has 0 amide bonds. The average Bonchev–Trinajstić information content (AvgIpc) is 3.16. The Hall–Kier alpha value is -0.670. The quantitative estimate of drug-likeness (QED) is 0.313. The van der Waals surface area contributed by atoms with Gasteiger partial charge in [0.05, 0.1) is 6.61 Å². The van der Waals surface area contributed by atoms with Gasteiger partial charge in [0, 0.05) is 43.5 Å². The van der Waals surface area contributed by atoms with Crippen molar-refractivity contribution in [2.75, 3.05) is 45.7 Å². The lowest BCUT2D eigenvalue weighted by atomic mass is 9.74. The number of benzene rings is 1. The zero-order chi connectivity index (χ0) is 19.9. The molecule has 0 aliphatic carbocycles. The summed E-state index contributed by atoms with van der Waals surface area (Å²) in [6, 6.07) is 8.59. The maximum atomic E-state index is 5.67. The van der Waals surface area contributed by atoms with E-state index in [-0.39, 0.29) is 29.4 Å². The third kappa shape index (κ3) is 6.66. The summed E-state index contributed by atoms with van der Waals surface area (Å²) in [6.07, 6.45) is 4.61. The van der Waals surface area contributed by atoms with Gasteiger partial charge >= 0.3 is 0 Å². The molecule has 7 heteroatoms. The van der Waals surface area contributed by atoms with Gasteiger partial charge in [0.2, 0.25) is 0 Å². The first-order chi connectivity index (χ1) is 13.6. The number of nitrogens with one attached hydrogen (secondary N) is 2. The molecule has 0 radical (unpaired) electrons. The Bertz CT molecular complexity index is 642. The second-order valence-electron chi connectivity index (χ2n) is 8.03. The smallest absolute Gasteiger partial charge is 0.191 e. The van der Waals surface area contributed by atoms with Crippen LogP contribution in [0.5, 0.6) is 5.75 Å². The van der Waals surface area contributed by atoms with Gasteiger partial charge in [-0.2, -0.15) is 11.8 Å². The van der Waals surface area contributed by atoms with Crippen molar-refractivity contribution < 1.29 is 9.47 Å².